The van der Waals surface area contributed by atoms with Crippen LogP contribution in [0.3, 0.4) is 0 Å². The average Bonchev–Trinajstić information content (AvgIpc) is 3.23. The van der Waals surface area contributed by atoms with Crippen molar-refractivity contribution >= 4 is 23.1 Å². The quantitative estimate of drug-likeness (QED) is 0.808. The van der Waals surface area contributed by atoms with Crippen LogP contribution in [-0.4, -0.2) is 35.5 Å². The van der Waals surface area contributed by atoms with Gasteiger partial charge < -0.3 is 15.4 Å². The second-order valence-corrected chi connectivity index (χ2v) is 5.20. The Morgan fingerprint density at radius 3 is 2.53 bits per heavy atom. The summed E-state index contributed by atoms with van der Waals surface area (Å²) in [6.07, 6.45) is 2.71. The van der Waals surface area contributed by atoms with E-state index in [2.05, 4.69) is 0 Å². The number of nitrogens with two attached hydrogens (primary N) is 1. The van der Waals surface area contributed by atoms with E-state index in [-0.39, 0.29) is 5.91 Å². The second kappa shape index (κ2) is 6.02. The van der Waals surface area contributed by atoms with Gasteiger partial charge in [0.2, 0.25) is 0 Å². The summed E-state index contributed by atoms with van der Waals surface area (Å²) >= 11 is 4.88. The van der Waals surface area contributed by atoms with Gasteiger partial charge in [-0.05, 0) is 37.1 Å². The third kappa shape index (κ3) is 3.67. The molecule has 0 heterocycles. The van der Waals surface area contributed by atoms with Crippen LogP contribution >= 0.6 is 12.2 Å². The number of rotatable bonds is 6. The first kappa shape index (κ1) is 13.8. The monoisotopic (exact) mass is 278 g/mol. The maximum absolute atomic E-state index is 12.4. The number of thiocarbonyl (C=S) groups is 1. The Kier molecular flexibility index (Phi) is 4.37. The number of carbonyl (C=O) groups is 1. The maximum Gasteiger partial charge on any atom is 0.254 e. The number of methoxy groups -OCH3 is 1. The fourth-order valence-electron chi connectivity index (χ4n) is 1.97. The number of carbonyl (C=O) groups excluding carboxylic acids is 1. The standard InChI is InChI=1S/C14H18N2O2S/c1-18-12-6-2-10(3-7-12)14(17)16(11-4-5-11)9-8-13(15)19/h2-3,6-7,11H,4-5,8-9H2,1H3,(H2,15,19). The molecule has 1 amide bonds. The molecule has 0 unspecified atom stereocenters. The number of amides is 1. The van der Waals surface area contributed by atoms with Crippen LogP contribution in [0.2, 0.25) is 0 Å². The van der Waals surface area contributed by atoms with E-state index in [0.29, 0.717) is 29.6 Å². The van der Waals surface area contributed by atoms with E-state index in [1.807, 2.05) is 4.90 Å². The van der Waals surface area contributed by atoms with Gasteiger partial charge in [0.15, 0.2) is 0 Å². The lowest BCUT2D eigenvalue weighted by Crippen LogP contribution is -2.35. The topological polar surface area (TPSA) is 55.6 Å². The van der Waals surface area contributed by atoms with Crippen LogP contribution in [0, 0.1) is 0 Å². The molecule has 0 radical (unpaired) electrons. The van der Waals surface area contributed by atoms with Gasteiger partial charge in [-0.15, -0.1) is 0 Å². The van der Waals surface area contributed by atoms with Crippen LogP contribution < -0.4 is 10.5 Å². The van der Waals surface area contributed by atoms with E-state index in [0.717, 1.165) is 18.6 Å². The SMILES string of the molecule is COc1ccc(C(=O)N(CCC(N)=S)C2CC2)cc1. The smallest absolute Gasteiger partial charge is 0.254 e. The highest BCUT2D eigenvalue weighted by Crippen LogP contribution is 2.28. The third-order valence-electron chi connectivity index (χ3n) is 3.18. The molecule has 1 aromatic rings. The van der Waals surface area contributed by atoms with Gasteiger partial charge in [-0.3, -0.25) is 4.79 Å². The maximum atomic E-state index is 12.4. The number of nitrogens with zero attached hydrogens (tertiary/aromatic N) is 1. The number of hydrogen-bond acceptors (Lipinski definition) is 3. The number of ether oxygens (including phenoxy) is 1. The molecule has 1 aliphatic carbocycles. The lowest BCUT2D eigenvalue weighted by Gasteiger charge is -2.22. The molecule has 0 bridgehead atoms. The first-order chi connectivity index (χ1) is 9.11. The van der Waals surface area contributed by atoms with Crippen LogP contribution in [0.1, 0.15) is 29.6 Å². The zero-order valence-corrected chi connectivity index (χ0v) is 11.8. The molecule has 0 aliphatic heterocycles. The second-order valence-electron chi connectivity index (χ2n) is 4.67. The van der Waals surface area contributed by atoms with Crippen LogP contribution in [0.4, 0.5) is 0 Å². The molecular formula is C14H18N2O2S. The number of hydrogen-bond donors (Lipinski definition) is 1. The molecule has 2 N–H and O–H groups in total. The fourth-order valence-corrected chi connectivity index (χ4v) is 2.06. The van der Waals surface area contributed by atoms with Gasteiger partial charge in [-0.1, -0.05) is 12.2 Å². The Hall–Kier alpha value is -1.62. The van der Waals surface area contributed by atoms with Gasteiger partial charge in [-0.25, -0.2) is 0 Å². The number of benzene rings is 1. The van der Waals surface area contributed by atoms with Crippen LogP contribution in [0.25, 0.3) is 0 Å². The zero-order valence-electron chi connectivity index (χ0n) is 11.0. The van der Waals surface area contributed by atoms with E-state index in [4.69, 9.17) is 22.7 Å². The molecular weight excluding hydrogens is 260 g/mol. The molecule has 4 nitrogen and oxygen atoms in total. The van der Waals surface area contributed by atoms with Crippen molar-refractivity contribution in [1.82, 2.24) is 4.90 Å². The molecule has 0 atom stereocenters. The minimum atomic E-state index is 0.0430. The molecule has 1 aromatic carbocycles. The van der Waals surface area contributed by atoms with Gasteiger partial charge in [-0.2, -0.15) is 0 Å². The van der Waals surface area contributed by atoms with Gasteiger partial charge >= 0.3 is 0 Å². The van der Waals surface area contributed by atoms with E-state index in [1.54, 1.807) is 31.4 Å². The predicted molar refractivity (Wildman–Crippen MR) is 78.5 cm³/mol. The summed E-state index contributed by atoms with van der Waals surface area (Å²) in [7, 11) is 1.61. The minimum absolute atomic E-state index is 0.0430. The highest BCUT2D eigenvalue weighted by atomic mass is 32.1. The van der Waals surface area contributed by atoms with Crippen molar-refractivity contribution in [3.8, 4) is 5.75 Å². The first-order valence-corrected chi connectivity index (χ1v) is 6.76. The third-order valence-corrected chi connectivity index (χ3v) is 3.39. The molecule has 102 valence electrons. The van der Waals surface area contributed by atoms with Crippen molar-refractivity contribution in [1.29, 1.82) is 0 Å². The summed E-state index contributed by atoms with van der Waals surface area (Å²) < 4.78 is 5.09. The minimum Gasteiger partial charge on any atom is -0.497 e. The van der Waals surface area contributed by atoms with E-state index >= 15 is 0 Å². The van der Waals surface area contributed by atoms with Crippen molar-refractivity contribution in [2.45, 2.75) is 25.3 Å². The van der Waals surface area contributed by atoms with Crippen molar-refractivity contribution in [3.05, 3.63) is 29.8 Å². The Morgan fingerprint density at radius 2 is 2.05 bits per heavy atom. The molecule has 0 saturated heterocycles. The van der Waals surface area contributed by atoms with Crippen molar-refractivity contribution in [2.75, 3.05) is 13.7 Å². The van der Waals surface area contributed by atoms with Crippen LogP contribution in [0.15, 0.2) is 24.3 Å². The van der Waals surface area contributed by atoms with Crippen molar-refractivity contribution in [2.24, 2.45) is 5.73 Å². The molecule has 1 aliphatic rings. The molecule has 0 spiro atoms. The van der Waals surface area contributed by atoms with Gasteiger partial charge in [0.1, 0.15) is 5.75 Å². The van der Waals surface area contributed by atoms with Crippen LogP contribution in [0.5, 0.6) is 5.75 Å². The van der Waals surface area contributed by atoms with Gasteiger partial charge in [0.05, 0.1) is 12.1 Å². The fraction of sp³-hybridized carbons (Fsp3) is 0.429. The summed E-state index contributed by atoms with van der Waals surface area (Å²) in [5, 5.41) is 0. The largest absolute Gasteiger partial charge is 0.497 e. The molecule has 1 saturated carbocycles. The lowest BCUT2D eigenvalue weighted by atomic mass is 10.2. The summed E-state index contributed by atoms with van der Waals surface area (Å²) in [6, 6.07) is 7.52. The summed E-state index contributed by atoms with van der Waals surface area (Å²) in [5.74, 6) is 0.791. The summed E-state index contributed by atoms with van der Waals surface area (Å²) in [5.41, 5.74) is 6.19. The van der Waals surface area contributed by atoms with Gasteiger partial charge in [0.25, 0.3) is 5.91 Å². The highest BCUT2D eigenvalue weighted by molar-refractivity contribution is 7.80. The first-order valence-electron chi connectivity index (χ1n) is 6.35. The molecule has 5 heteroatoms. The lowest BCUT2D eigenvalue weighted by molar-refractivity contribution is 0.0748. The van der Waals surface area contributed by atoms with Crippen LogP contribution in [-0.2, 0) is 0 Å². The Bertz CT molecular complexity index is 469. The molecule has 2 rings (SSSR count). The van der Waals surface area contributed by atoms with Gasteiger partial charge in [0, 0.05) is 24.6 Å². The summed E-state index contributed by atoms with van der Waals surface area (Å²) in [6.45, 7) is 0.602. The summed E-state index contributed by atoms with van der Waals surface area (Å²) in [4.78, 5) is 14.8. The van der Waals surface area contributed by atoms with E-state index in [1.165, 1.54) is 0 Å². The Morgan fingerprint density at radius 1 is 1.42 bits per heavy atom. The molecule has 19 heavy (non-hydrogen) atoms. The van der Waals surface area contributed by atoms with Crippen molar-refractivity contribution < 1.29 is 9.53 Å². The Balaban J connectivity index is 2.07. The molecule has 0 aromatic heterocycles. The highest BCUT2D eigenvalue weighted by Gasteiger charge is 2.32. The molecule has 1 fully saturated rings. The van der Waals surface area contributed by atoms with E-state index < -0.39 is 0 Å². The van der Waals surface area contributed by atoms with E-state index in [9.17, 15) is 4.79 Å². The normalized spacial score (nSPS) is 13.9. The van der Waals surface area contributed by atoms with Crippen molar-refractivity contribution in [3.63, 3.8) is 0 Å². The average molecular weight is 278 g/mol. The Labute approximate surface area is 118 Å². The zero-order chi connectivity index (χ0) is 13.8. The predicted octanol–water partition coefficient (Wildman–Crippen LogP) is 1.98.